The van der Waals surface area contributed by atoms with Crippen LogP contribution in [0.1, 0.15) is 18.2 Å². The number of rotatable bonds is 5. The highest BCUT2D eigenvalue weighted by molar-refractivity contribution is 7.89. The summed E-state index contributed by atoms with van der Waals surface area (Å²) in [5.41, 5.74) is 0. The molecule has 2 aromatic rings. The Kier molecular flexibility index (Phi) is 4.03. The van der Waals surface area contributed by atoms with E-state index in [0.717, 1.165) is 21.4 Å². The van der Waals surface area contributed by atoms with Crippen LogP contribution in [0, 0.1) is 11.8 Å². The molecule has 1 aromatic carbocycles. The van der Waals surface area contributed by atoms with Gasteiger partial charge in [0.15, 0.2) is 0 Å². The molecule has 1 aromatic heterocycles. The molecule has 0 spiro atoms. The first-order valence-electron chi connectivity index (χ1n) is 6.98. The first-order chi connectivity index (χ1) is 9.95. The van der Waals surface area contributed by atoms with Crippen molar-refractivity contribution in [2.45, 2.75) is 24.1 Å². The monoisotopic (exact) mass is 343 g/mol. The van der Waals surface area contributed by atoms with Gasteiger partial charge in [0, 0.05) is 28.6 Å². The van der Waals surface area contributed by atoms with Crippen LogP contribution in [0.3, 0.4) is 0 Å². The maximum Gasteiger partial charge on any atom is 0.244 e. The molecule has 0 saturated heterocycles. The van der Waals surface area contributed by atoms with E-state index >= 15 is 0 Å². The number of fused-ring (bicyclic) bond motifs is 1. The summed E-state index contributed by atoms with van der Waals surface area (Å²) in [6.45, 7) is 2.75. The molecule has 0 aliphatic heterocycles. The molecule has 21 heavy (non-hydrogen) atoms. The molecule has 1 saturated carbocycles. The number of alkyl halides is 1. The van der Waals surface area contributed by atoms with Crippen molar-refractivity contribution in [3.63, 3.8) is 0 Å². The lowest BCUT2D eigenvalue weighted by molar-refractivity contribution is 0.445. The van der Waals surface area contributed by atoms with Crippen LogP contribution in [0.5, 0.6) is 0 Å². The van der Waals surface area contributed by atoms with E-state index in [-0.39, 0.29) is 5.88 Å². The molecule has 2 atom stereocenters. The largest absolute Gasteiger partial charge is 0.244 e. The summed E-state index contributed by atoms with van der Waals surface area (Å²) in [5.74, 6) is 1.35. The maximum absolute atomic E-state index is 12.9. The van der Waals surface area contributed by atoms with Gasteiger partial charge in [0.05, 0.1) is 5.88 Å². The second-order valence-corrected chi connectivity index (χ2v) is 9.13. The second-order valence-electron chi connectivity index (χ2n) is 5.74. The molecule has 1 aliphatic carbocycles. The van der Waals surface area contributed by atoms with E-state index in [4.69, 9.17) is 11.6 Å². The number of hydrogen-bond acceptors (Lipinski definition) is 3. The topological polar surface area (TPSA) is 37.4 Å². The van der Waals surface area contributed by atoms with E-state index in [1.54, 1.807) is 7.05 Å². The van der Waals surface area contributed by atoms with Crippen molar-refractivity contribution in [2.75, 3.05) is 13.6 Å². The summed E-state index contributed by atoms with van der Waals surface area (Å²) in [4.78, 5) is 1.13. The van der Waals surface area contributed by atoms with Crippen molar-refractivity contribution in [3.05, 3.63) is 29.1 Å². The van der Waals surface area contributed by atoms with E-state index < -0.39 is 10.0 Å². The normalized spacial score (nSPS) is 22.1. The van der Waals surface area contributed by atoms with Crippen LogP contribution < -0.4 is 0 Å². The summed E-state index contributed by atoms with van der Waals surface area (Å²) >= 11 is 7.45. The Balaban J connectivity index is 2.05. The average molecular weight is 344 g/mol. The Morgan fingerprint density at radius 1 is 1.38 bits per heavy atom. The molecular weight excluding hydrogens is 326 g/mol. The van der Waals surface area contributed by atoms with Crippen LogP contribution in [0.25, 0.3) is 10.1 Å². The zero-order valence-electron chi connectivity index (χ0n) is 12.0. The van der Waals surface area contributed by atoms with E-state index in [1.807, 2.05) is 24.3 Å². The van der Waals surface area contributed by atoms with Gasteiger partial charge in [0.25, 0.3) is 0 Å². The van der Waals surface area contributed by atoms with Gasteiger partial charge < -0.3 is 0 Å². The van der Waals surface area contributed by atoms with Crippen molar-refractivity contribution >= 4 is 43.0 Å². The lowest BCUT2D eigenvalue weighted by Gasteiger charge is -2.17. The molecule has 2 unspecified atom stereocenters. The lowest BCUT2D eigenvalue weighted by Crippen LogP contribution is -2.29. The molecule has 0 N–H and O–H groups in total. The first kappa shape index (κ1) is 15.3. The molecular formula is C15H18ClNO2S2. The molecule has 3 nitrogen and oxygen atoms in total. The van der Waals surface area contributed by atoms with Crippen molar-refractivity contribution in [1.82, 2.24) is 4.31 Å². The Morgan fingerprint density at radius 3 is 2.67 bits per heavy atom. The number of thiophene rings is 1. The average Bonchev–Trinajstić information content (AvgIpc) is 3.02. The van der Waals surface area contributed by atoms with Crippen LogP contribution in [0.2, 0.25) is 0 Å². The van der Waals surface area contributed by atoms with Gasteiger partial charge in [-0.05, 0) is 24.3 Å². The van der Waals surface area contributed by atoms with Crippen LogP contribution in [0.4, 0.5) is 0 Å². The zero-order chi connectivity index (χ0) is 15.2. The highest BCUT2D eigenvalue weighted by Gasteiger charge is 2.37. The molecule has 6 heteroatoms. The third kappa shape index (κ3) is 2.72. The summed E-state index contributed by atoms with van der Waals surface area (Å²) in [6.07, 6.45) is 1.12. The van der Waals surface area contributed by atoms with Crippen molar-refractivity contribution in [1.29, 1.82) is 0 Å². The molecule has 1 fully saturated rings. The lowest BCUT2D eigenvalue weighted by atomic mass is 10.2. The predicted octanol–water partition coefficient (Wildman–Crippen LogP) is 3.92. The first-order valence-corrected chi connectivity index (χ1v) is 9.77. The fraction of sp³-hybridized carbons (Fsp3) is 0.467. The standard InChI is InChI=1S/C15H18ClNO2S2/c1-10-7-11(10)9-17(2)21(18,19)15-12-5-3-4-6-13(12)20-14(15)8-16/h3-6,10-11H,7-9H2,1-2H3. The van der Waals surface area contributed by atoms with Gasteiger partial charge in [-0.3, -0.25) is 0 Å². The Labute approximate surface area is 134 Å². The zero-order valence-corrected chi connectivity index (χ0v) is 14.4. The Morgan fingerprint density at radius 2 is 2.05 bits per heavy atom. The number of hydrogen-bond donors (Lipinski definition) is 0. The van der Waals surface area contributed by atoms with Crippen molar-refractivity contribution in [2.24, 2.45) is 11.8 Å². The fourth-order valence-corrected chi connectivity index (χ4v) is 6.03. The van der Waals surface area contributed by atoms with Crippen LogP contribution in [0.15, 0.2) is 29.2 Å². The summed E-state index contributed by atoms with van der Waals surface area (Å²) in [7, 11) is -1.81. The van der Waals surface area contributed by atoms with Gasteiger partial charge in [-0.15, -0.1) is 22.9 Å². The second kappa shape index (κ2) is 5.54. The van der Waals surface area contributed by atoms with E-state index in [0.29, 0.717) is 23.3 Å². The third-order valence-corrected chi connectivity index (χ3v) is 7.85. The van der Waals surface area contributed by atoms with Gasteiger partial charge in [0.1, 0.15) is 4.90 Å². The van der Waals surface area contributed by atoms with E-state index in [1.165, 1.54) is 15.6 Å². The van der Waals surface area contributed by atoms with Gasteiger partial charge in [-0.25, -0.2) is 12.7 Å². The van der Waals surface area contributed by atoms with Crippen LogP contribution >= 0.6 is 22.9 Å². The Bertz CT molecular complexity index is 769. The quantitative estimate of drug-likeness (QED) is 0.772. The molecule has 114 valence electrons. The van der Waals surface area contributed by atoms with Gasteiger partial charge in [-0.1, -0.05) is 25.1 Å². The number of halogens is 1. The molecule has 3 rings (SSSR count). The minimum Gasteiger partial charge on any atom is -0.207 e. The number of nitrogens with zero attached hydrogens (tertiary/aromatic N) is 1. The Hall–Kier alpha value is -0.620. The minimum atomic E-state index is -3.48. The fourth-order valence-electron chi connectivity index (χ4n) is 2.68. The number of benzene rings is 1. The van der Waals surface area contributed by atoms with E-state index in [2.05, 4.69) is 6.92 Å². The maximum atomic E-state index is 12.9. The van der Waals surface area contributed by atoms with E-state index in [9.17, 15) is 8.42 Å². The summed E-state index contributed by atoms with van der Waals surface area (Å²) in [6, 6.07) is 7.60. The highest BCUT2D eigenvalue weighted by Crippen LogP contribution is 2.41. The summed E-state index contributed by atoms with van der Waals surface area (Å²) in [5, 5.41) is 0.786. The number of sulfonamides is 1. The van der Waals surface area contributed by atoms with Crippen molar-refractivity contribution < 1.29 is 8.42 Å². The minimum absolute atomic E-state index is 0.224. The van der Waals surface area contributed by atoms with Gasteiger partial charge >= 0.3 is 0 Å². The third-order valence-electron chi connectivity index (χ3n) is 4.18. The summed E-state index contributed by atoms with van der Waals surface area (Å²) < 4.78 is 28.3. The van der Waals surface area contributed by atoms with Gasteiger partial charge in [-0.2, -0.15) is 0 Å². The predicted molar refractivity (Wildman–Crippen MR) is 88.5 cm³/mol. The van der Waals surface area contributed by atoms with Crippen LogP contribution in [-0.2, 0) is 15.9 Å². The molecule has 1 aliphatic rings. The van der Waals surface area contributed by atoms with Crippen LogP contribution in [-0.4, -0.2) is 26.3 Å². The van der Waals surface area contributed by atoms with Crippen molar-refractivity contribution in [3.8, 4) is 0 Å². The molecule has 0 amide bonds. The molecule has 0 bridgehead atoms. The molecule has 0 radical (unpaired) electrons. The highest BCUT2D eigenvalue weighted by atomic mass is 35.5. The molecule has 1 heterocycles. The SMILES string of the molecule is CC1CC1CN(C)S(=O)(=O)c1c(CCl)sc2ccccc12. The smallest absolute Gasteiger partial charge is 0.207 e. The van der Waals surface area contributed by atoms with Gasteiger partial charge in [0.2, 0.25) is 10.0 Å².